The standard InChI is InChI=1S/C22H14Cl2F3N3O4/c23-18-8-14(11-28-29-21(31)15-2-1-3-16(10-15)22(25,26)27)9-19(24)20(18)34-12-13-4-6-17(7-5-13)30(32)33/h1-11H,12H2,(H,29,31). The Morgan fingerprint density at radius 2 is 1.74 bits per heavy atom. The van der Waals surface area contributed by atoms with E-state index in [1.807, 2.05) is 0 Å². The molecule has 3 rings (SSSR count). The van der Waals surface area contributed by atoms with E-state index in [9.17, 15) is 28.1 Å². The summed E-state index contributed by atoms with van der Waals surface area (Å²) in [5.74, 6) is -0.658. The molecule has 0 unspecified atom stereocenters. The van der Waals surface area contributed by atoms with Crippen molar-refractivity contribution in [3.63, 3.8) is 0 Å². The van der Waals surface area contributed by atoms with Crippen LogP contribution in [0.15, 0.2) is 65.8 Å². The number of ether oxygens (including phenoxy) is 1. The summed E-state index contributed by atoms with van der Waals surface area (Å²) in [5.41, 5.74) is 1.97. The third-order valence-electron chi connectivity index (χ3n) is 4.38. The Balaban J connectivity index is 1.64. The highest BCUT2D eigenvalue weighted by atomic mass is 35.5. The van der Waals surface area contributed by atoms with Crippen molar-refractivity contribution in [1.29, 1.82) is 0 Å². The van der Waals surface area contributed by atoms with Crippen LogP contribution in [0.2, 0.25) is 10.0 Å². The van der Waals surface area contributed by atoms with Crippen molar-refractivity contribution in [3.05, 3.63) is 103 Å². The molecule has 0 saturated heterocycles. The summed E-state index contributed by atoms with van der Waals surface area (Å²) >= 11 is 12.4. The second-order valence-electron chi connectivity index (χ2n) is 6.80. The lowest BCUT2D eigenvalue weighted by Gasteiger charge is -2.11. The van der Waals surface area contributed by atoms with Gasteiger partial charge < -0.3 is 4.74 Å². The zero-order chi connectivity index (χ0) is 24.9. The number of carbonyl (C=O) groups is 1. The van der Waals surface area contributed by atoms with Crippen molar-refractivity contribution in [2.45, 2.75) is 12.8 Å². The monoisotopic (exact) mass is 511 g/mol. The Hall–Kier alpha value is -3.63. The third-order valence-corrected chi connectivity index (χ3v) is 4.94. The second kappa shape index (κ2) is 10.5. The summed E-state index contributed by atoms with van der Waals surface area (Å²) < 4.78 is 44.0. The van der Waals surface area contributed by atoms with Gasteiger partial charge >= 0.3 is 6.18 Å². The Bertz CT molecular complexity index is 1230. The van der Waals surface area contributed by atoms with Crippen LogP contribution >= 0.6 is 23.2 Å². The zero-order valence-electron chi connectivity index (χ0n) is 17.0. The first-order valence-corrected chi connectivity index (χ1v) is 10.2. The van der Waals surface area contributed by atoms with Crippen LogP contribution in [0.4, 0.5) is 18.9 Å². The highest BCUT2D eigenvalue weighted by molar-refractivity contribution is 6.37. The lowest BCUT2D eigenvalue weighted by molar-refractivity contribution is -0.384. The molecular formula is C22H14Cl2F3N3O4. The first kappa shape index (κ1) is 25.0. The number of alkyl halides is 3. The van der Waals surface area contributed by atoms with Crippen LogP contribution in [0.3, 0.4) is 0 Å². The minimum absolute atomic E-state index is 0.0522. The average Bonchev–Trinajstić information content (AvgIpc) is 2.78. The normalized spacial score (nSPS) is 11.4. The van der Waals surface area contributed by atoms with Gasteiger partial charge in [-0.1, -0.05) is 29.3 Å². The number of hydrazone groups is 1. The van der Waals surface area contributed by atoms with Crippen molar-refractivity contribution in [3.8, 4) is 5.75 Å². The number of rotatable bonds is 7. The number of nitro benzene ring substituents is 1. The van der Waals surface area contributed by atoms with Gasteiger partial charge in [-0.3, -0.25) is 14.9 Å². The van der Waals surface area contributed by atoms with Gasteiger partial charge in [0.05, 0.1) is 26.7 Å². The van der Waals surface area contributed by atoms with Crippen molar-refractivity contribution in [1.82, 2.24) is 5.43 Å². The number of nitrogens with one attached hydrogen (secondary N) is 1. The molecule has 12 heteroatoms. The minimum Gasteiger partial charge on any atom is -0.486 e. The van der Waals surface area contributed by atoms with Gasteiger partial charge in [-0.15, -0.1) is 0 Å². The number of amides is 1. The van der Waals surface area contributed by atoms with Crippen molar-refractivity contribution >= 4 is 41.0 Å². The van der Waals surface area contributed by atoms with Crippen LogP contribution in [-0.2, 0) is 12.8 Å². The summed E-state index contributed by atoms with van der Waals surface area (Å²) in [6.07, 6.45) is -3.36. The first-order chi connectivity index (χ1) is 16.0. The largest absolute Gasteiger partial charge is 0.486 e. The fourth-order valence-corrected chi connectivity index (χ4v) is 3.34. The Labute approximate surface area is 200 Å². The molecule has 0 atom stereocenters. The minimum atomic E-state index is -4.57. The predicted molar refractivity (Wildman–Crippen MR) is 120 cm³/mol. The number of hydrogen-bond acceptors (Lipinski definition) is 5. The molecule has 0 aliphatic rings. The molecule has 0 bridgehead atoms. The first-order valence-electron chi connectivity index (χ1n) is 9.40. The fourth-order valence-electron chi connectivity index (χ4n) is 2.73. The van der Waals surface area contributed by atoms with Gasteiger partial charge in [-0.25, -0.2) is 5.43 Å². The number of halogens is 5. The van der Waals surface area contributed by atoms with Crippen LogP contribution in [0.5, 0.6) is 5.75 Å². The molecule has 0 saturated carbocycles. The summed E-state index contributed by atoms with van der Waals surface area (Å²) in [5, 5.41) is 14.7. The van der Waals surface area contributed by atoms with Crippen LogP contribution < -0.4 is 10.2 Å². The molecule has 0 fully saturated rings. The molecule has 0 radical (unpaired) electrons. The van der Waals surface area contributed by atoms with Gasteiger partial charge in [-0.2, -0.15) is 18.3 Å². The second-order valence-corrected chi connectivity index (χ2v) is 7.62. The number of nitro groups is 1. The number of benzene rings is 3. The SMILES string of the molecule is O=C(NN=Cc1cc(Cl)c(OCc2ccc([N+](=O)[O-])cc2)c(Cl)c1)c1cccc(C(F)(F)F)c1. The van der Waals surface area contributed by atoms with Gasteiger partial charge in [0.25, 0.3) is 11.6 Å². The van der Waals surface area contributed by atoms with Gasteiger partial charge in [0.15, 0.2) is 5.75 Å². The third kappa shape index (κ3) is 6.46. The van der Waals surface area contributed by atoms with E-state index < -0.39 is 22.6 Å². The maximum absolute atomic E-state index is 12.8. The molecule has 7 nitrogen and oxygen atoms in total. The molecular weight excluding hydrogens is 498 g/mol. The highest BCUT2D eigenvalue weighted by Crippen LogP contribution is 2.34. The smallest absolute Gasteiger partial charge is 0.416 e. The van der Waals surface area contributed by atoms with Gasteiger partial charge in [0.2, 0.25) is 0 Å². The lowest BCUT2D eigenvalue weighted by Crippen LogP contribution is -2.18. The maximum Gasteiger partial charge on any atom is 0.416 e. The van der Waals surface area contributed by atoms with E-state index in [1.165, 1.54) is 48.7 Å². The van der Waals surface area contributed by atoms with Gasteiger partial charge in [-0.05, 0) is 53.6 Å². The summed E-state index contributed by atoms with van der Waals surface area (Å²) in [6, 6.07) is 12.6. The molecule has 0 aliphatic heterocycles. The number of non-ortho nitro benzene ring substituents is 1. The van der Waals surface area contributed by atoms with Crippen molar-refractivity contribution in [2.24, 2.45) is 5.10 Å². The van der Waals surface area contributed by atoms with E-state index >= 15 is 0 Å². The molecule has 1 amide bonds. The van der Waals surface area contributed by atoms with Crippen LogP contribution in [0.1, 0.15) is 27.0 Å². The van der Waals surface area contributed by atoms with Gasteiger partial charge in [0, 0.05) is 17.7 Å². The number of nitrogens with zero attached hydrogens (tertiary/aromatic N) is 2. The van der Waals surface area contributed by atoms with E-state index in [2.05, 4.69) is 10.5 Å². The van der Waals surface area contributed by atoms with Crippen LogP contribution in [0.25, 0.3) is 0 Å². The molecule has 3 aromatic carbocycles. The molecule has 1 N–H and O–H groups in total. The highest BCUT2D eigenvalue weighted by Gasteiger charge is 2.30. The van der Waals surface area contributed by atoms with E-state index in [0.717, 1.165) is 18.2 Å². The number of carbonyl (C=O) groups excluding carboxylic acids is 1. The fraction of sp³-hybridized carbons (Fsp3) is 0.0909. The predicted octanol–water partition coefficient (Wildman–Crippen LogP) is 6.26. The summed E-state index contributed by atoms with van der Waals surface area (Å²) in [4.78, 5) is 22.3. The average molecular weight is 512 g/mol. The Kier molecular flexibility index (Phi) is 7.75. The van der Waals surface area contributed by atoms with Crippen molar-refractivity contribution < 1.29 is 27.6 Å². The van der Waals surface area contributed by atoms with Gasteiger partial charge in [0.1, 0.15) is 6.61 Å². The van der Waals surface area contributed by atoms with E-state index in [1.54, 1.807) is 0 Å². The molecule has 176 valence electrons. The molecule has 3 aromatic rings. The van der Waals surface area contributed by atoms with E-state index in [4.69, 9.17) is 27.9 Å². The summed E-state index contributed by atoms with van der Waals surface area (Å²) in [7, 11) is 0. The molecule has 34 heavy (non-hydrogen) atoms. The maximum atomic E-state index is 12.8. The quantitative estimate of drug-likeness (QED) is 0.230. The molecule has 0 aliphatic carbocycles. The lowest BCUT2D eigenvalue weighted by atomic mass is 10.1. The topological polar surface area (TPSA) is 93.8 Å². The number of hydrogen-bond donors (Lipinski definition) is 1. The molecule has 0 heterocycles. The summed E-state index contributed by atoms with van der Waals surface area (Å²) in [6.45, 7) is 0.0535. The Morgan fingerprint density at radius 1 is 1.09 bits per heavy atom. The van der Waals surface area contributed by atoms with E-state index in [-0.39, 0.29) is 33.7 Å². The molecule has 0 spiro atoms. The zero-order valence-corrected chi connectivity index (χ0v) is 18.5. The Morgan fingerprint density at radius 3 is 2.32 bits per heavy atom. The van der Waals surface area contributed by atoms with Crippen LogP contribution in [0, 0.1) is 10.1 Å². The molecule has 0 aromatic heterocycles. The van der Waals surface area contributed by atoms with E-state index in [0.29, 0.717) is 11.1 Å². The van der Waals surface area contributed by atoms with Crippen LogP contribution in [-0.4, -0.2) is 17.0 Å². The van der Waals surface area contributed by atoms with Crippen molar-refractivity contribution in [2.75, 3.05) is 0 Å².